The summed E-state index contributed by atoms with van der Waals surface area (Å²) in [5.41, 5.74) is 0.0749. The second-order valence-electron chi connectivity index (χ2n) is 14.3. The molecule has 0 radical (unpaired) electrons. The maximum Gasteiger partial charge on any atom is 0.164 e. The fraction of sp³-hybridized carbons (Fsp3) is 0.444. The van der Waals surface area contributed by atoms with Crippen molar-refractivity contribution in [3.05, 3.63) is 84.9 Å². The van der Waals surface area contributed by atoms with Crippen molar-refractivity contribution in [2.45, 2.75) is 83.1 Å². The second-order valence-corrected chi connectivity index (χ2v) is 14.3. The number of carbonyl (C=O) groups excluding carboxylic acids is 2. The topological polar surface area (TPSA) is 126 Å². The van der Waals surface area contributed by atoms with Crippen LogP contribution in [0.3, 0.4) is 0 Å². The molecular formula is C36H48N4O4Pt2-2. The van der Waals surface area contributed by atoms with Gasteiger partial charge in [0.25, 0.3) is 0 Å². The third kappa shape index (κ3) is 16.7. The standard InChI is InChI=1S/C14H8N4.2C11H20O2.2Pt/c1-7-15-13(16-8-1)11-3-5-12(6-4-11)14-17-9-2-10-18-14;2*1-10(2,3)8(12)7-9(13)11(4,5)6;;/h1-3,6-10H;2*7,12H,1-6H3;;/q-2;;;;/b;2*8-7-;;. The average Bonchev–Trinajstić information content (AvgIpc) is 2.93. The van der Waals surface area contributed by atoms with Gasteiger partial charge in [0.05, 0.1) is 0 Å². The number of aromatic nitrogens is 4. The van der Waals surface area contributed by atoms with E-state index in [-0.39, 0.29) is 76.0 Å². The van der Waals surface area contributed by atoms with E-state index in [9.17, 15) is 19.8 Å². The first kappa shape index (κ1) is 45.3. The Kier molecular flexibility index (Phi) is 18.8. The van der Waals surface area contributed by atoms with Crippen LogP contribution in [-0.4, -0.2) is 41.7 Å². The van der Waals surface area contributed by atoms with Crippen molar-refractivity contribution >= 4 is 11.6 Å². The minimum atomic E-state index is -0.417. The van der Waals surface area contributed by atoms with Gasteiger partial charge in [0.1, 0.15) is 11.5 Å². The van der Waals surface area contributed by atoms with E-state index >= 15 is 0 Å². The zero-order valence-electron chi connectivity index (χ0n) is 28.9. The van der Waals surface area contributed by atoms with Gasteiger partial charge < -0.3 is 10.2 Å². The van der Waals surface area contributed by atoms with E-state index in [4.69, 9.17) is 0 Å². The Hall–Kier alpha value is -2.82. The number of hydrogen-bond acceptors (Lipinski definition) is 8. The van der Waals surface area contributed by atoms with E-state index in [1.54, 1.807) is 49.1 Å². The molecule has 0 aliphatic heterocycles. The molecule has 3 rings (SSSR count). The van der Waals surface area contributed by atoms with E-state index in [1.807, 2.05) is 83.1 Å². The van der Waals surface area contributed by atoms with Gasteiger partial charge in [0.15, 0.2) is 11.6 Å². The summed E-state index contributed by atoms with van der Waals surface area (Å²) in [5.74, 6) is 1.48. The zero-order chi connectivity index (χ0) is 33.9. The van der Waals surface area contributed by atoms with Crippen LogP contribution in [0, 0.1) is 33.8 Å². The van der Waals surface area contributed by atoms with Crippen molar-refractivity contribution in [2.24, 2.45) is 21.7 Å². The molecule has 0 aliphatic rings. The molecule has 0 unspecified atom stereocenters. The Morgan fingerprint density at radius 3 is 1.00 bits per heavy atom. The SMILES string of the molecule is CC(C)(C)C(=O)/C=C(\O)C(C)(C)C.CC(C)(C)C(=O)/C=C(\O)C(C)(C)C.[Pt].[Pt].[c-]1cc(-c2ncccn2)[c-]cc1-c1ncccn1. The first-order valence-corrected chi connectivity index (χ1v) is 14.4. The van der Waals surface area contributed by atoms with Crippen molar-refractivity contribution in [1.82, 2.24) is 19.9 Å². The molecule has 0 saturated carbocycles. The molecule has 2 heterocycles. The van der Waals surface area contributed by atoms with Crippen molar-refractivity contribution in [1.29, 1.82) is 0 Å². The number of benzene rings is 1. The fourth-order valence-corrected chi connectivity index (χ4v) is 2.63. The Morgan fingerprint density at radius 1 is 0.543 bits per heavy atom. The number of hydrogen-bond donors (Lipinski definition) is 2. The van der Waals surface area contributed by atoms with Crippen LogP contribution in [0.15, 0.2) is 72.7 Å². The Morgan fingerprint density at radius 2 is 0.804 bits per heavy atom. The van der Waals surface area contributed by atoms with Crippen LogP contribution in [0.5, 0.6) is 0 Å². The number of allylic oxidation sites excluding steroid dienone is 4. The summed E-state index contributed by atoms with van der Waals surface area (Å²) in [7, 11) is 0. The molecule has 0 saturated heterocycles. The molecule has 8 nitrogen and oxygen atoms in total. The van der Waals surface area contributed by atoms with Gasteiger partial charge in [0.2, 0.25) is 0 Å². The van der Waals surface area contributed by atoms with Crippen LogP contribution in [0.4, 0.5) is 0 Å². The van der Waals surface area contributed by atoms with Crippen LogP contribution >= 0.6 is 0 Å². The summed E-state index contributed by atoms with van der Waals surface area (Å²) in [4.78, 5) is 39.6. The quantitative estimate of drug-likeness (QED) is 0.152. The monoisotopic (exact) mass is 990 g/mol. The molecular weight excluding hydrogens is 943 g/mol. The first-order valence-electron chi connectivity index (χ1n) is 14.4. The predicted molar refractivity (Wildman–Crippen MR) is 175 cm³/mol. The minimum Gasteiger partial charge on any atom is -0.512 e. The largest absolute Gasteiger partial charge is 0.512 e. The molecule has 0 atom stereocenters. The normalized spacial score (nSPS) is 12.2. The molecule has 0 bridgehead atoms. The summed E-state index contributed by atoms with van der Waals surface area (Å²) in [6.45, 7) is 22.2. The first-order chi connectivity index (χ1) is 20.0. The zero-order valence-corrected chi connectivity index (χ0v) is 33.5. The van der Waals surface area contributed by atoms with Gasteiger partial charge in [-0.05, 0) is 12.1 Å². The van der Waals surface area contributed by atoms with Crippen LogP contribution in [0.2, 0.25) is 0 Å². The van der Waals surface area contributed by atoms with Gasteiger partial charge in [-0.1, -0.05) is 83.1 Å². The van der Waals surface area contributed by atoms with Crippen molar-refractivity contribution in [3.63, 3.8) is 0 Å². The number of rotatable bonds is 4. The van der Waals surface area contributed by atoms with Crippen LogP contribution in [0.25, 0.3) is 22.8 Å². The van der Waals surface area contributed by atoms with E-state index in [1.165, 1.54) is 12.2 Å². The minimum absolute atomic E-state index is 0. The van der Waals surface area contributed by atoms with Crippen LogP contribution in [0.1, 0.15) is 83.1 Å². The molecule has 10 heteroatoms. The molecule has 2 aromatic heterocycles. The number of ketones is 2. The van der Waals surface area contributed by atoms with E-state index < -0.39 is 10.8 Å². The third-order valence-electron chi connectivity index (χ3n) is 5.91. The van der Waals surface area contributed by atoms with Gasteiger partial charge in [-0.2, -0.15) is 11.1 Å². The van der Waals surface area contributed by atoms with Crippen LogP contribution in [-0.2, 0) is 51.7 Å². The van der Waals surface area contributed by atoms with Crippen molar-refractivity contribution in [2.75, 3.05) is 0 Å². The van der Waals surface area contributed by atoms with Gasteiger partial charge >= 0.3 is 0 Å². The molecule has 258 valence electrons. The van der Waals surface area contributed by atoms with Crippen molar-refractivity contribution in [3.8, 4) is 22.8 Å². The third-order valence-corrected chi connectivity index (χ3v) is 5.91. The van der Waals surface area contributed by atoms with E-state index in [0.29, 0.717) is 11.6 Å². The van der Waals surface area contributed by atoms with Gasteiger partial charge in [0, 0.05) is 112 Å². The van der Waals surface area contributed by atoms with Gasteiger partial charge in [-0.25, -0.2) is 24.3 Å². The second kappa shape index (κ2) is 19.1. The Labute approximate surface area is 304 Å². The smallest absolute Gasteiger partial charge is 0.164 e. The average molecular weight is 991 g/mol. The molecule has 0 spiro atoms. The summed E-state index contributed by atoms with van der Waals surface area (Å²) in [6.07, 6.45) is 9.46. The summed E-state index contributed by atoms with van der Waals surface area (Å²) in [6, 6.07) is 13.4. The van der Waals surface area contributed by atoms with Gasteiger partial charge in [-0.15, -0.1) is 0 Å². The predicted octanol–water partition coefficient (Wildman–Crippen LogP) is 8.38. The molecule has 2 N–H and O–H groups in total. The van der Waals surface area contributed by atoms with E-state index in [2.05, 4.69) is 32.1 Å². The van der Waals surface area contributed by atoms with Gasteiger partial charge in [-0.3, -0.25) is 29.5 Å². The number of aliphatic hydroxyl groups excluding tert-OH is 2. The molecule has 0 amide bonds. The molecule has 46 heavy (non-hydrogen) atoms. The molecule has 3 aromatic rings. The summed E-state index contributed by atoms with van der Waals surface area (Å²) >= 11 is 0. The molecule has 0 fully saturated rings. The summed E-state index contributed by atoms with van der Waals surface area (Å²) in [5, 5.41) is 19.1. The number of aliphatic hydroxyl groups is 2. The maximum absolute atomic E-state index is 11.5. The molecule has 0 aliphatic carbocycles. The maximum atomic E-state index is 11.5. The van der Waals surface area contributed by atoms with Crippen molar-refractivity contribution < 1.29 is 61.9 Å². The summed E-state index contributed by atoms with van der Waals surface area (Å²) < 4.78 is 0. The number of nitrogens with zero attached hydrogens (tertiary/aromatic N) is 4. The molecule has 1 aromatic carbocycles. The fourth-order valence-electron chi connectivity index (χ4n) is 2.63. The van der Waals surface area contributed by atoms with Crippen LogP contribution < -0.4 is 0 Å². The Bertz CT molecular complexity index is 1300. The van der Waals surface area contributed by atoms with E-state index in [0.717, 1.165) is 11.1 Å². The number of carbonyl (C=O) groups is 2. The Balaban J connectivity index is 0.